The minimum atomic E-state index is -0.207. The van der Waals surface area contributed by atoms with Gasteiger partial charge in [0, 0.05) is 0 Å². The number of anilines is 1. The summed E-state index contributed by atoms with van der Waals surface area (Å²) in [5.74, 6) is 0.613. The van der Waals surface area contributed by atoms with Crippen molar-refractivity contribution < 1.29 is 4.79 Å². The van der Waals surface area contributed by atoms with Crippen LogP contribution >= 0.6 is 0 Å². The molecule has 2 rings (SSSR count). The normalized spacial score (nSPS) is 14.4. The first kappa shape index (κ1) is 9.06. The molecule has 1 amide bonds. The number of hydrogen-bond acceptors (Lipinski definition) is 3. The van der Waals surface area contributed by atoms with E-state index in [1.165, 1.54) is 0 Å². The standard InChI is InChI=1S/C9H10BN3O/c1-4(2)5-3-11-8-7(12-5)6(10)9(14)13-8/h3-4,10H,1-2H3,(H,11,13,14). The second-order valence-corrected chi connectivity index (χ2v) is 3.58. The molecule has 0 unspecified atom stereocenters. The topological polar surface area (TPSA) is 54.9 Å². The molecule has 1 aliphatic rings. The van der Waals surface area contributed by atoms with Crippen LogP contribution in [0.4, 0.5) is 5.82 Å². The summed E-state index contributed by atoms with van der Waals surface area (Å²) in [6.07, 6.45) is 1.68. The zero-order chi connectivity index (χ0) is 10.3. The second kappa shape index (κ2) is 3.01. The summed E-state index contributed by atoms with van der Waals surface area (Å²) in [5.41, 5.74) is 1.86. The molecule has 1 aliphatic heterocycles. The molecule has 0 fully saturated rings. The van der Waals surface area contributed by atoms with Gasteiger partial charge < -0.3 is 0 Å². The average Bonchev–Trinajstić information content (AvgIpc) is 2.43. The summed E-state index contributed by atoms with van der Waals surface area (Å²) in [6.45, 7) is 4.06. The molecule has 2 heterocycles. The van der Waals surface area contributed by atoms with Crippen molar-refractivity contribution in [1.82, 2.24) is 9.97 Å². The van der Waals surface area contributed by atoms with Gasteiger partial charge in [0.15, 0.2) is 0 Å². The number of rotatable bonds is 1. The van der Waals surface area contributed by atoms with E-state index in [1.807, 2.05) is 13.8 Å². The molecule has 0 atom stereocenters. The van der Waals surface area contributed by atoms with Crippen LogP contribution in [-0.2, 0) is 4.79 Å². The number of carbonyl (C=O) groups is 1. The fraction of sp³-hybridized carbons (Fsp3) is 0.333. The van der Waals surface area contributed by atoms with Crippen LogP contribution in [0.15, 0.2) is 6.20 Å². The molecule has 1 N–H and O–H groups in total. The molecule has 4 nitrogen and oxygen atoms in total. The zero-order valence-corrected chi connectivity index (χ0v) is 8.16. The van der Waals surface area contributed by atoms with Crippen molar-refractivity contribution in [1.29, 1.82) is 0 Å². The molecule has 0 saturated carbocycles. The number of fused-ring (bicyclic) bond motifs is 1. The Morgan fingerprint density at radius 3 is 2.86 bits per heavy atom. The molecule has 70 valence electrons. The molecule has 0 radical (unpaired) electrons. The van der Waals surface area contributed by atoms with Crippen LogP contribution < -0.4 is 5.32 Å². The average molecular weight is 187 g/mol. The van der Waals surface area contributed by atoms with Gasteiger partial charge in [-0.2, -0.15) is 0 Å². The monoisotopic (exact) mass is 187 g/mol. The number of carbonyl (C=O) groups excluding carboxylic acids is 1. The van der Waals surface area contributed by atoms with E-state index in [2.05, 4.69) is 22.8 Å². The fourth-order valence-electron chi connectivity index (χ4n) is 1.27. The molecule has 0 saturated heterocycles. The SMILES string of the molecule is B=C1C(=O)Nc2ncc(C(C)C)nc21. The van der Waals surface area contributed by atoms with Gasteiger partial charge in [0.05, 0.1) is 0 Å². The van der Waals surface area contributed by atoms with Crippen molar-refractivity contribution in [2.45, 2.75) is 19.8 Å². The van der Waals surface area contributed by atoms with E-state index in [4.69, 9.17) is 0 Å². The predicted octanol–water partition coefficient (Wildman–Crippen LogP) is -0.0266. The summed E-state index contributed by atoms with van der Waals surface area (Å²) < 4.78 is 0. The second-order valence-electron chi connectivity index (χ2n) is 3.58. The van der Waals surface area contributed by atoms with Gasteiger partial charge in [-0.3, -0.25) is 0 Å². The Bertz CT molecular complexity index is 428. The van der Waals surface area contributed by atoms with Crippen LogP contribution in [-0.4, -0.2) is 28.8 Å². The van der Waals surface area contributed by atoms with Gasteiger partial charge in [-0.25, -0.2) is 0 Å². The first-order chi connectivity index (χ1) is 6.59. The Morgan fingerprint density at radius 2 is 2.21 bits per heavy atom. The molecule has 0 aliphatic carbocycles. The summed E-state index contributed by atoms with van der Waals surface area (Å²) in [5, 5.41) is 2.60. The Morgan fingerprint density at radius 1 is 1.50 bits per heavy atom. The van der Waals surface area contributed by atoms with Crippen molar-refractivity contribution in [3.05, 3.63) is 17.6 Å². The summed E-state index contributed by atoms with van der Waals surface area (Å²) >= 11 is 0. The predicted molar refractivity (Wildman–Crippen MR) is 56.0 cm³/mol. The number of aromatic nitrogens is 2. The first-order valence-electron chi connectivity index (χ1n) is 4.47. The van der Waals surface area contributed by atoms with Gasteiger partial charge in [-0.15, -0.1) is 0 Å². The van der Waals surface area contributed by atoms with Crippen molar-refractivity contribution in [3.8, 4) is 0 Å². The van der Waals surface area contributed by atoms with Gasteiger partial charge in [0.2, 0.25) is 0 Å². The third-order valence-electron chi connectivity index (χ3n) is 2.17. The van der Waals surface area contributed by atoms with Gasteiger partial charge in [0.25, 0.3) is 0 Å². The number of hydrogen-bond donors (Lipinski definition) is 1. The van der Waals surface area contributed by atoms with Gasteiger partial charge in [0.1, 0.15) is 0 Å². The van der Waals surface area contributed by atoms with Crippen molar-refractivity contribution in [2.24, 2.45) is 0 Å². The molecule has 14 heavy (non-hydrogen) atoms. The Kier molecular flexibility index (Phi) is 1.95. The maximum absolute atomic E-state index is 11.2. The molecule has 0 spiro atoms. The minimum absolute atomic E-state index is 0.207. The Labute approximate surface area is 82.8 Å². The third kappa shape index (κ3) is 1.25. The number of nitrogens with one attached hydrogen (secondary N) is 1. The van der Waals surface area contributed by atoms with E-state index >= 15 is 0 Å². The van der Waals surface area contributed by atoms with Crippen LogP contribution in [0.25, 0.3) is 0 Å². The third-order valence-corrected chi connectivity index (χ3v) is 2.17. The van der Waals surface area contributed by atoms with E-state index in [1.54, 1.807) is 6.20 Å². The van der Waals surface area contributed by atoms with Crippen LogP contribution in [0.2, 0.25) is 0 Å². The molecule has 0 aromatic carbocycles. The van der Waals surface area contributed by atoms with Gasteiger partial charge in [-0.05, 0) is 0 Å². The molecule has 1 aromatic heterocycles. The summed E-state index contributed by atoms with van der Waals surface area (Å²) in [7, 11) is 3.66. The molecule has 5 heteroatoms. The number of nitrogens with zero attached hydrogens (tertiary/aromatic N) is 2. The molecule has 1 aromatic rings. The van der Waals surface area contributed by atoms with Crippen LogP contribution in [0.3, 0.4) is 0 Å². The molecular formula is C9H10BN3O. The maximum atomic E-state index is 11.2. The fourth-order valence-corrected chi connectivity index (χ4v) is 1.27. The molecule has 0 bridgehead atoms. The first-order valence-corrected chi connectivity index (χ1v) is 4.47. The van der Waals surface area contributed by atoms with Crippen LogP contribution in [0, 0.1) is 0 Å². The van der Waals surface area contributed by atoms with Crippen molar-refractivity contribution in [3.63, 3.8) is 0 Å². The molecular weight excluding hydrogens is 177 g/mol. The van der Waals surface area contributed by atoms with Gasteiger partial charge >= 0.3 is 82.1 Å². The van der Waals surface area contributed by atoms with E-state index in [9.17, 15) is 4.79 Å². The van der Waals surface area contributed by atoms with Crippen LogP contribution in [0.5, 0.6) is 0 Å². The van der Waals surface area contributed by atoms with Crippen LogP contribution in [0.1, 0.15) is 31.2 Å². The Hall–Kier alpha value is -1.52. The number of amides is 1. The summed E-state index contributed by atoms with van der Waals surface area (Å²) in [4.78, 5) is 19.7. The van der Waals surface area contributed by atoms with Crippen molar-refractivity contribution >= 4 is 24.7 Å². The van der Waals surface area contributed by atoms with Crippen molar-refractivity contribution in [2.75, 3.05) is 5.32 Å². The Balaban J connectivity index is 2.51. The van der Waals surface area contributed by atoms with E-state index in [0.29, 0.717) is 22.9 Å². The van der Waals surface area contributed by atoms with E-state index in [-0.39, 0.29) is 5.91 Å². The van der Waals surface area contributed by atoms with E-state index in [0.717, 1.165) is 5.69 Å². The summed E-state index contributed by atoms with van der Waals surface area (Å²) in [6, 6.07) is 0. The quantitative estimate of drug-likeness (QED) is 0.628. The van der Waals surface area contributed by atoms with E-state index < -0.39 is 0 Å². The zero-order valence-electron chi connectivity index (χ0n) is 8.16. The van der Waals surface area contributed by atoms with Gasteiger partial charge in [-0.1, -0.05) is 0 Å².